The molecule has 0 aromatic carbocycles. The van der Waals surface area contributed by atoms with E-state index in [0.29, 0.717) is 25.7 Å². The van der Waals surface area contributed by atoms with Crippen molar-refractivity contribution in [3.05, 3.63) is 0 Å². The lowest BCUT2D eigenvalue weighted by atomic mass is 10.1. The smallest absolute Gasteiger partial charge is 0.404 e. The maximum absolute atomic E-state index is 10.0. The van der Waals surface area contributed by atoms with Crippen molar-refractivity contribution in [2.45, 2.75) is 0 Å². The van der Waals surface area contributed by atoms with Crippen LogP contribution in [-0.4, -0.2) is 25.9 Å². The number of nitrogens with two attached hydrogens (primary N) is 1. The monoisotopic (exact) mass is 131 g/mol. The summed E-state index contributed by atoms with van der Waals surface area (Å²) in [5, 5.41) is 0. The van der Waals surface area contributed by atoms with Gasteiger partial charge in [-0.05, 0) is 0 Å². The van der Waals surface area contributed by atoms with Crippen LogP contribution >= 0.6 is 0 Å². The van der Waals surface area contributed by atoms with E-state index in [2.05, 4.69) is 4.74 Å². The molecule has 0 aromatic rings. The highest BCUT2D eigenvalue weighted by Crippen LogP contribution is 2.09. The highest BCUT2D eigenvalue weighted by Gasteiger charge is 2.19. The highest BCUT2D eigenvalue weighted by atomic mass is 16.6. The van der Waals surface area contributed by atoms with Gasteiger partial charge in [0.05, 0.1) is 13.2 Å². The van der Waals surface area contributed by atoms with Crippen molar-refractivity contribution in [1.29, 1.82) is 0 Å². The second kappa shape index (κ2) is 2.68. The van der Waals surface area contributed by atoms with Gasteiger partial charge in [-0.25, -0.2) is 4.79 Å². The molecule has 4 heteroatoms. The summed E-state index contributed by atoms with van der Waals surface area (Å²) in [6, 6.07) is 0. The van der Waals surface area contributed by atoms with E-state index in [1.807, 2.05) is 0 Å². The molecule has 0 bridgehead atoms. The average molecular weight is 131 g/mol. The Kier molecular flexibility index (Phi) is 1.89. The molecule has 1 amide bonds. The Labute approximate surface area is 52.9 Å². The van der Waals surface area contributed by atoms with E-state index in [4.69, 9.17) is 10.5 Å². The van der Waals surface area contributed by atoms with Crippen LogP contribution in [0.15, 0.2) is 0 Å². The zero-order chi connectivity index (χ0) is 6.69. The molecule has 1 saturated heterocycles. The summed E-state index contributed by atoms with van der Waals surface area (Å²) < 4.78 is 9.34. The van der Waals surface area contributed by atoms with Gasteiger partial charge in [0.15, 0.2) is 0 Å². The molecule has 2 N–H and O–H groups in total. The number of carbonyl (C=O) groups excluding carboxylic acids is 1. The van der Waals surface area contributed by atoms with Gasteiger partial charge in [0.1, 0.15) is 6.61 Å². The number of hydrogen-bond acceptors (Lipinski definition) is 3. The van der Waals surface area contributed by atoms with Crippen molar-refractivity contribution < 1.29 is 14.3 Å². The lowest BCUT2D eigenvalue weighted by Gasteiger charge is -2.24. The molecule has 0 aromatic heterocycles. The topological polar surface area (TPSA) is 61.6 Å². The van der Waals surface area contributed by atoms with Crippen molar-refractivity contribution in [2.75, 3.05) is 19.8 Å². The molecule has 0 spiro atoms. The first kappa shape index (κ1) is 6.35. The average Bonchev–Trinajstić information content (AvgIpc) is 1.60. The van der Waals surface area contributed by atoms with Gasteiger partial charge < -0.3 is 15.2 Å². The number of rotatable bonds is 2. The van der Waals surface area contributed by atoms with Crippen molar-refractivity contribution in [3.8, 4) is 0 Å². The van der Waals surface area contributed by atoms with Gasteiger partial charge in [0.25, 0.3) is 0 Å². The molecule has 1 heterocycles. The summed E-state index contributed by atoms with van der Waals surface area (Å²) in [4.78, 5) is 10.0. The Balaban J connectivity index is 1.97. The maximum Gasteiger partial charge on any atom is 0.404 e. The summed E-state index contributed by atoms with van der Waals surface area (Å²) in [7, 11) is 0. The van der Waals surface area contributed by atoms with Gasteiger partial charge in [-0.1, -0.05) is 0 Å². The summed E-state index contributed by atoms with van der Waals surface area (Å²) in [6.45, 7) is 1.77. The Hall–Kier alpha value is -0.770. The largest absolute Gasteiger partial charge is 0.449 e. The third-order valence-electron chi connectivity index (χ3n) is 1.17. The second-order valence-corrected chi connectivity index (χ2v) is 2.03. The predicted molar refractivity (Wildman–Crippen MR) is 29.8 cm³/mol. The zero-order valence-corrected chi connectivity index (χ0v) is 5.00. The molecular weight excluding hydrogens is 122 g/mol. The van der Waals surface area contributed by atoms with E-state index in [-0.39, 0.29) is 0 Å². The van der Waals surface area contributed by atoms with E-state index in [0.717, 1.165) is 0 Å². The van der Waals surface area contributed by atoms with Crippen molar-refractivity contribution >= 4 is 6.09 Å². The third-order valence-corrected chi connectivity index (χ3v) is 1.17. The summed E-state index contributed by atoms with van der Waals surface area (Å²) in [5.41, 5.74) is 4.72. The molecule has 0 aliphatic carbocycles. The van der Waals surface area contributed by atoms with Gasteiger partial charge >= 0.3 is 6.09 Å². The standard InChI is InChI=1S/C5H9NO3/c6-5(7)9-3-4-1-8-2-4/h4H,1-3H2,(H2,6,7). The van der Waals surface area contributed by atoms with E-state index < -0.39 is 6.09 Å². The Morgan fingerprint density at radius 3 is 2.78 bits per heavy atom. The molecule has 0 saturated carbocycles. The van der Waals surface area contributed by atoms with E-state index in [1.165, 1.54) is 0 Å². The fraction of sp³-hybridized carbons (Fsp3) is 0.800. The SMILES string of the molecule is NC(=O)OCC1COC1. The lowest BCUT2D eigenvalue weighted by Crippen LogP contribution is -2.33. The van der Waals surface area contributed by atoms with Gasteiger partial charge in [-0.3, -0.25) is 0 Å². The molecule has 0 radical (unpaired) electrons. The minimum atomic E-state index is -0.707. The van der Waals surface area contributed by atoms with Crippen LogP contribution in [0.2, 0.25) is 0 Å². The van der Waals surface area contributed by atoms with Crippen LogP contribution in [-0.2, 0) is 9.47 Å². The highest BCUT2D eigenvalue weighted by molar-refractivity contribution is 5.64. The fourth-order valence-corrected chi connectivity index (χ4v) is 0.581. The first-order valence-electron chi connectivity index (χ1n) is 2.79. The molecule has 1 aliphatic heterocycles. The van der Waals surface area contributed by atoms with Gasteiger partial charge in [-0.15, -0.1) is 0 Å². The van der Waals surface area contributed by atoms with E-state index in [9.17, 15) is 4.79 Å². The van der Waals surface area contributed by atoms with Crippen molar-refractivity contribution in [3.63, 3.8) is 0 Å². The fourth-order valence-electron chi connectivity index (χ4n) is 0.581. The molecule has 9 heavy (non-hydrogen) atoms. The lowest BCUT2D eigenvalue weighted by molar-refractivity contribution is -0.0571. The van der Waals surface area contributed by atoms with Gasteiger partial charge in [-0.2, -0.15) is 0 Å². The molecule has 0 unspecified atom stereocenters. The van der Waals surface area contributed by atoms with Crippen LogP contribution in [0.25, 0.3) is 0 Å². The zero-order valence-electron chi connectivity index (χ0n) is 5.00. The first-order chi connectivity index (χ1) is 4.29. The van der Waals surface area contributed by atoms with E-state index >= 15 is 0 Å². The van der Waals surface area contributed by atoms with Crippen molar-refractivity contribution in [1.82, 2.24) is 0 Å². The Morgan fingerprint density at radius 2 is 2.44 bits per heavy atom. The molecular formula is C5H9NO3. The molecule has 52 valence electrons. The summed E-state index contributed by atoms with van der Waals surface area (Å²) in [5.74, 6) is 0.373. The molecule has 1 fully saturated rings. The molecule has 1 aliphatic rings. The number of carbonyl (C=O) groups is 1. The van der Waals surface area contributed by atoms with Crippen LogP contribution in [0.1, 0.15) is 0 Å². The number of hydrogen-bond donors (Lipinski definition) is 1. The predicted octanol–water partition coefficient (Wildman–Crippen LogP) is -0.272. The first-order valence-corrected chi connectivity index (χ1v) is 2.79. The minimum absolute atomic E-state index is 0.373. The van der Waals surface area contributed by atoms with Crippen molar-refractivity contribution in [2.24, 2.45) is 11.7 Å². The van der Waals surface area contributed by atoms with Crippen LogP contribution < -0.4 is 5.73 Å². The Morgan fingerprint density at radius 1 is 1.78 bits per heavy atom. The Bertz CT molecular complexity index is 111. The van der Waals surface area contributed by atoms with Crippen LogP contribution in [0.4, 0.5) is 4.79 Å². The number of ether oxygens (including phenoxy) is 2. The second-order valence-electron chi connectivity index (χ2n) is 2.03. The van der Waals surface area contributed by atoms with E-state index in [1.54, 1.807) is 0 Å². The quantitative estimate of drug-likeness (QED) is 0.561. The third kappa shape index (κ3) is 1.89. The minimum Gasteiger partial charge on any atom is -0.449 e. The molecule has 0 atom stereocenters. The van der Waals surface area contributed by atoms with Crippen LogP contribution in [0.3, 0.4) is 0 Å². The molecule has 4 nitrogen and oxygen atoms in total. The number of amides is 1. The normalized spacial score (nSPS) is 18.7. The van der Waals surface area contributed by atoms with Crippen LogP contribution in [0.5, 0.6) is 0 Å². The summed E-state index contributed by atoms with van der Waals surface area (Å²) in [6.07, 6.45) is -0.707. The number of primary amides is 1. The van der Waals surface area contributed by atoms with Gasteiger partial charge in [0.2, 0.25) is 0 Å². The van der Waals surface area contributed by atoms with Gasteiger partial charge in [0, 0.05) is 5.92 Å². The molecule has 1 rings (SSSR count). The summed E-state index contributed by atoms with van der Waals surface area (Å²) >= 11 is 0. The maximum atomic E-state index is 10.0. The van der Waals surface area contributed by atoms with Crippen LogP contribution in [0, 0.1) is 5.92 Å².